The monoisotopic (exact) mass is 666 g/mol. The molecule has 47 heavy (non-hydrogen) atoms. The molecule has 0 aromatic heterocycles. The molecule has 0 nitrogen and oxygen atoms in total. The Labute approximate surface area is 298 Å². The number of hydrogen-bond acceptors (Lipinski definition) is 2. The lowest BCUT2D eigenvalue weighted by atomic mass is 9.76. The molecular formula is C44H40S2Si. The largest absolute Gasteiger partial charge is 0.146 e. The molecule has 0 radical (unpaired) electrons. The van der Waals surface area contributed by atoms with Gasteiger partial charge in [0.05, 0.1) is 0 Å². The van der Waals surface area contributed by atoms with Gasteiger partial charge in [-0.3, -0.25) is 0 Å². The summed E-state index contributed by atoms with van der Waals surface area (Å²) in [6.07, 6.45) is 0. The van der Waals surface area contributed by atoms with E-state index < -0.39 is 27.2 Å². The van der Waals surface area contributed by atoms with Crippen molar-refractivity contribution in [3.63, 3.8) is 0 Å². The van der Waals surface area contributed by atoms with Crippen LogP contribution in [0, 0.1) is 6.85 Å². The molecular weight excluding hydrogens is 621 g/mol. The van der Waals surface area contributed by atoms with Crippen molar-refractivity contribution in [1.29, 1.82) is 0 Å². The highest BCUT2D eigenvalue weighted by molar-refractivity contribution is 8.00. The van der Waals surface area contributed by atoms with Crippen LogP contribution in [0.25, 0.3) is 11.1 Å². The minimum Gasteiger partial charge on any atom is -0.0895 e. The third-order valence-corrected chi connectivity index (χ3v) is 17.5. The molecule has 0 bridgehead atoms. The zero-order chi connectivity index (χ0) is 37.6. The first-order chi connectivity index (χ1) is 25.1. The molecule has 0 spiro atoms. The predicted octanol–water partition coefficient (Wildman–Crippen LogP) is 10.3. The molecule has 232 valence electrons. The molecule has 2 heterocycles. The Morgan fingerprint density at radius 2 is 1.13 bits per heavy atom. The summed E-state index contributed by atoms with van der Waals surface area (Å²) in [6.45, 7) is 4.05. The van der Waals surface area contributed by atoms with Crippen LogP contribution in [-0.4, -0.2) is 8.07 Å². The van der Waals surface area contributed by atoms with E-state index in [-0.39, 0.29) is 11.0 Å². The van der Waals surface area contributed by atoms with Crippen LogP contribution in [0.15, 0.2) is 153 Å². The van der Waals surface area contributed by atoms with Crippen LogP contribution in [0.3, 0.4) is 0 Å². The second kappa shape index (κ2) is 11.2. The van der Waals surface area contributed by atoms with Crippen molar-refractivity contribution in [3.8, 4) is 11.1 Å². The number of fused-ring (bicyclic) bond motifs is 4. The van der Waals surface area contributed by atoms with Crippen LogP contribution in [0.4, 0.5) is 0 Å². The van der Waals surface area contributed by atoms with E-state index in [4.69, 9.17) is 8.22 Å². The Bertz CT molecular complexity index is 2400. The van der Waals surface area contributed by atoms with Gasteiger partial charge in [0.2, 0.25) is 0 Å². The van der Waals surface area contributed by atoms with Crippen LogP contribution < -0.4 is 15.6 Å². The third kappa shape index (κ3) is 4.65. The summed E-state index contributed by atoms with van der Waals surface area (Å²) in [5, 5.41) is 3.61. The molecule has 2 aliphatic heterocycles. The van der Waals surface area contributed by atoms with Crippen molar-refractivity contribution in [1.82, 2.24) is 0 Å². The fourth-order valence-electron chi connectivity index (χ4n) is 7.66. The van der Waals surface area contributed by atoms with Gasteiger partial charge >= 0.3 is 0 Å². The van der Waals surface area contributed by atoms with E-state index in [1.807, 2.05) is 66.4 Å². The van der Waals surface area contributed by atoms with Crippen molar-refractivity contribution in [2.75, 3.05) is 0 Å². The number of rotatable bonds is 4. The first kappa shape index (κ1) is 24.4. The van der Waals surface area contributed by atoms with Gasteiger partial charge < -0.3 is 0 Å². The Kier molecular flexibility index (Phi) is 5.79. The van der Waals surface area contributed by atoms with Gasteiger partial charge in [0, 0.05) is 38.6 Å². The van der Waals surface area contributed by atoms with Crippen LogP contribution in [0.2, 0.25) is 6.55 Å². The fourth-order valence-corrected chi connectivity index (χ4v) is 14.9. The fraction of sp³-hybridized carbons (Fsp3) is 0.182. The first-order valence-corrected chi connectivity index (χ1v) is 20.2. The maximum absolute atomic E-state index is 8.80. The molecule has 2 atom stereocenters. The maximum atomic E-state index is 8.80. The van der Waals surface area contributed by atoms with Crippen molar-refractivity contribution in [3.05, 3.63) is 161 Å². The Morgan fingerprint density at radius 3 is 1.83 bits per heavy atom. The Hall–Kier alpha value is -3.76. The summed E-state index contributed by atoms with van der Waals surface area (Å²) in [7, 11) is -2.84. The van der Waals surface area contributed by atoms with Gasteiger partial charge in [-0.05, 0) is 73.5 Å². The van der Waals surface area contributed by atoms with E-state index in [0.717, 1.165) is 26.1 Å². The molecule has 0 aliphatic carbocycles. The molecule has 0 saturated carbocycles. The molecule has 8 rings (SSSR count). The van der Waals surface area contributed by atoms with Crippen LogP contribution in [0.5, 0.6) is 0 Å². The Morgan fingerprint density at radius 1 is 0.532 bits per heavy atom. The smallest absolute Gasteiger partial charge is 0.0895 e. The van der Waals surface area contributed by atoms with Gasteiger partial charge in [0.1, 0.15) is 8.07 Å². The highest BCUT2D eigenvalue weighted by Gasteiger charge is 2.42. The van der Waals surface area contributed by atoms with E-state index in [2.05, 4.69) is 93.2 Å². The van der Waals surface area contributed by atoms with Gasteiger partial charge in [-0.1, -0.05) is 179 Å². The molecule has 2 unspecified atom stereocenters. The lowest BCUT2D eigenvalue weighted by Crippen LogP contribution is -2.65. The van der Waals surface area contributed by atoms with Crippen molar-refractivity contribution in [2.45, 2.75) is 71.4 Å². The van der Waals surface area contributed by atoms with Crippen LogP contribution >= 0.6 is 23.5 Å². The van der Waals surface area contributed by atoms with Gasteiger partial charge in [0.25, 0.3) is 0 Å². The zero-order valence-electron chi connectivity index (χ0n) is 33.0. The summed E-state index contributed by atoms with van der Waals surface area (Å²) >= 11 is 3.37. The lowest BCUT2D eigenvalue weighted by Gasteiger charge is -2.39. The number of hydrogen-bond donors (Lipinski definition) is 0. The van der Waals surface area contributed by atoms with Crippen LogP contribution in [0.1, 0.15) is 63.7 Å². The molecule has 2 aliphatic rings. The summed E-state index contributed by atoms with van der Waals surface area (Å²) in [4.78, 5) is 4.19. The molecule has 0 N–H and O–H groups in total. The molecule has 6 aromatic rings. The first-order valence-electron chi connectivity index (χ1n) is 19.1. The summed E-state index contributed by atoms with van der Waals surface area (Å²) in [5.74, 6) is 0. The highest BCUT2D eigenvalue weighted by atomic mass is 32.2. The molecule has 6 aromatic carbocycles. The van der Waals surface area contributed by atoms with Crippen molar-refractivity contribution in [2.24, 2.45) is 0 Å². The predicted molar refractivity (Wildman–Crippen MR) is 205 cm³/mol. The van der Waals surface area contributed by atoms with E-state index in [1.165, 1.54) is 43.1 Å². The third-order valence-electron chi connectivity index (χ3n) is 10.4. The molecule has 3 heteroatoms. The zero-order valence-corrected chi connectivity index (χ0v) is 29.7. The summed E-state index contributed by atoms with van der Waals surface area (Å²) in [6, 6.07) is 45.5. The maximum Gasteiger partial charge on any atom is 0.146 e. The van der Waals surface area contributed by atoms with E-state index in [9.17, 15) is 0 Å². The second-order valence-corrected chi connectivity index (χ2v) is 19.6. The topological polar surface area (TPSA) is 0 Å². The standard InChI is InChI=1S/C44H40S2Si/c1-29-26-27-31(28-33(29)32-18-14-21-36-41(32)45-38-23-12-10-19-34(38)43(36,2)3)47(6,30-16-8-7-9-17-30)40-25-15-22-37-42(40)46-39-24-13-11-20-35(39)44(37,4)5/h7-28H,1-6H3/i1D3,2D3. The average Bonchev–Trinajstić information content (AvgIpc) is 3.13. The second-order valence-electron chi connectivity index (χ2n) is 13.6. The van der Waals surface area contributed by atoms with Gasteiger partial charge in [-0.15, -0.1) is 0 Å². The van der Waals surface area contributed by atoms with E-state index in [0.29, 0.717) is 11.1 Å². The summed E-state index contributed by atoms with van der Waals surface area (Å²) in [5.41, 5.74) is 4.20. The van der Waals surface area contributed by atoms with Crippen molar-refractivity contribution >= 4 is 47.2 Å². The van der Waals surface area contributed by atoms with Crippen molar-refractivity contribution < 1.29 is 8.22 Å². The number of aryl methyl sites for hydroxylation is 1. The van der Waals surface area contributed by atoms with E-state index in [1.54, 1.807) is 13.0 Å². The highest BCUT2D eigenvalue weighted by Crippen LogP contribution is 2.52. The van der Waals surface area contributed by atoms with Gasteiger partial charge in [-0.2, -0.15) is 0 Å². The number of benzene rings is 6. The normalized spacial score (nSPS) is 21.1. The van der Waals surface area contributed by atoms with Gasteiger partial charge in [0.15, 0.2) is 0 Å². The molecule has 0 fully saturated rings. The average molecular weight is 667 g/mol. The van der Waals surface area contributed by atoms with Crippen LogP contribution in [-0.2, 0) is 10.8 Å². The minimum absolute atomic E-state index is 0.207. The lowest BCUT2D eigenvalue weighted by molar-refractivity contribution is 0.608. The Balaban J connectivity index is 1.41. The van der Waals surface area contributed by atoms with E-state index >= 15 is 0 Å². The SMILES string of the molecule is [2H]C([2H])([2H])c1ccc([Si](C)(c2ccccc2)c2cccc3c2Sc2ccccc2C3(C)C)cc1-c1cccc2c1Sc1ccccc1C2(C)C([2H])([2H])[2H]. The minimum atomic E-state index is -2.84. The summed E-state index contributed by atoms with van der Waals surface area (Å²) < 4.78 is 52.6. The quantitative estimate of drug-likeness (QED) is 0.136. The van der Waals surface area contributed by atoms with Gasteiger partial charge in [-0.25, -0.2) is 0 Å². The molecule has 0 amide bonds. The molecule has 0 saturated heterocycles.